The summed E-state index contributed by atoms with van der Waals surface area (Å²) in [5.41, 5.74) is 0.182. The summed E-state index contributed by atoms with van der Waals surface area (Å²) in [6, 6.07) is 0. The fourth-order valence-electron chi connectivity index (χ4n) is 3.30. The van der Waals surface area contributed by atoms with Crippen molar-refractivity contribution in [2.24, 2.45) is 5.92 Å². The largest absolute Gasteiger partial charge is 0.376 e. The van der Waals surface area contributed by atoms with Gasteiger partial charge in [0.25, 0.3) is 0 Å². The highest BCUT2D eigenvalue weighted by atomic mass is 16.5. The van der Waals surface area contributed by atoms with Crippen molar-refractivity contribution in [2.45, 2.75) is 89.9 Å². The predicted molar refractivity (Wildman–Crippen MR) is 87.7 cm³/mol. The normalized spacial score (nSPS) is 34.9. The zero-order chi connectivity index (χ0) is 15.3. The zero-order valence-corrected chi connectivity index (χ0v) is 14.5. The molecule has 1 heterocycles. The van der Waals surface area contributed by atoms with E-state index in [4.69, 9.17) is 9.47 Å². The predicted octanol–water partition coefficient (Wildman–Crippen LogP) is 3.91. The summed E-state index contributed by atoms with van der Waals surface area (Å²) in [6.45, 7) is 11.7. The standard InChI is InChI=1S/C18H35NO2/c1-15-8-10-18(11-9-15,14-19-17(2,3)4)21-13-16-7-5-6-12-20-16/h15-16,19H,5-14H2,1-4H3. The van der Waals surface area contributed by atoms with Gasteiger partial charge in [0, 0.05) is 18.7 Å². The lowest BCUT2D eigenvalue weighted by Crippen LogP contribution is -2.51. The molecule has 2 aliphatic rings. The van der Waals surface area contributed by atoms with E-state index < -0.39 is 0 Å². The van der Waals surface area contributed by atoms with Crippen molar-refractivity contribution >= 4 is 0 Å². The Hall–Kier alpha value is -0.120. The van der Waals surface area contributed by atoms with Gasteiger partial charge in [0.15, 0.2) is 0 Å². The summed E-state index contributed by atoms with van der Waals surface area (Å²) >= 11 is 0. The molecule has 0 spiro atoms. The Morgan fingerprint density at radius 2 is 1.86 bits per heavy atom. The molecule has 0 amide bonds. The lowest BCUT2D eigenvalue weighted by Gasteiger charge is -2.42. The minimum absolute atomic E-state index is 0.0284. The summed E-state index contributed by atoms with van der Waals surface area (Å²) in [5.74, 6) is 0.849. The van der Waals surface area contributed by atoms with Crippen LogP contribution in [0.5, 0.6) is 0 Å². The lowest BCUT2D eigenvalue weighted by molar-refractivity contribution is -0.124. The third-order valence-electron chi connectivity index (χ3n) is 4.98. The summed E-state index contributed by atoms with van der Waals surface area (Å²) < 4.78 is 12.3. The first-order valence-corrected chi connectivity index (χ1v) is 8.89. The Labute approximate surface area is 131 Å². The quantitative estimate of drug-likeness (QED) is 0.834. The maximum absolute atomic E-state index is 6.47. The van der Waals surface area contributed by atoms with Gasteiger partial charge in [0.1, 0.15) is 0 Å². The van der Waals surface area contributed by atoms with Crippen molar-refractivity contribution in [1.29, 1.82) is 0 Å². The molecule has 2 rings (SSSR count). The molecule has 0 aromatic rings. The fourth-order valence-corrected chi connectivity index (χ4v) is 3.30. The molecule has 1 saturated heterocycles. The maximum Gasteiger partial charge on any atom is 0.0808 e. The molecule has 21 heavy (non-hydrogen) atoms. The molecule has 1 atom stereocenters. The SMILES string of the molecule is CC1CCC(CNC(C)(C)C)(OCC2CCCCO2)CC1. The highest BCUT2D eigenvalue weighted by molar-refractivity contribution is 4.91. The van der Waals surface area contributed by atoms with Gasteiger partial charge in [-0.2, -0.15) is 0 Å². The second kappa shape index (κ2) is 7.43. The van der Waals surface area contributed by atoms with E-state index in [2.05, 4.69) is 33.0 Å². The summed E-state index contributed by atoms with van der Waals surface area (Å²) in [5, 5.41) is 3.67. The first-order chi connectivity index (χ1) is 9.89. The Balaban J connectivity index is 1.88. The van der Waals surface area contributed by atoms with Gasteiger partial charge in [-0.15, -0.1) is 0 Å². The monoisotopic (exact) mass is 297 g/mol. The molecule has 3 heteroatoms. The number of hydrogen-bond acceptors (Lipinski definition) is 3. The van der Waals surface area contributed by atoms with Crippen LogP contribution in [0.2, 0.25) is 0 Å². The molecule has 0 aromatic heterocycles. The Kier molecular flexibility index (Phi) is 6.10. The smallest absolute Gasteiger partial charge is 0.0808 e. The van der Waals surface area contributed by atoms with E-state index >= 15 is 0 Å². The van der Waals surface area contributed by atoms with Crippen LogP contribution in [0.15, 0.2) is 0 Å². The average Bonchev–Trinajstić information content (AvgIpc) is 2.46. The van der Waals surface area contributed by atoms with Crippen molar-refractivity contribution < 1.29 is 9.47 Å². The van der Waals surface area contributed by atoms with Gasteiger partial charge in [-0.05, 0) is 71.6 Å². The van der Waals surface area contributed by atoms with Gasteiger partial charge >= 0.3 is 0 Å². The number of hydrogen-bond donors (Lipinski definition) is 1. The molecule has 0 aromatic carbocycles. The number of nitrogens with one attached hydrogen (secondary N) is 1. The third-order valence-corrected chi connectivity index (χ3v) is 4.98. The van der Waals surface area contributed by atoms with Crippen LogP contribution in [0.3, 0.4) is 0 Å². The van der Waals surface area contributed by atoms with E-state index in [1.54, 1.807) is 0 Å². The highest BCUT2D eigenvalue weighted by Crippen LogP contribution is 2.35. The van der Waals surface area contributed by atoms with Crippen LogP contribution in [0, 0.1) is 5.92 Å². The summed E-state index contributed by atoms with van der Waals surface area (Å²) in [4.78, 5) is 0. The van der Waals surface area contributed by atoms with Gasteiger partial charge in [0.2, 0.25) is 0 Å². The molecule has 3 nitrogen and oxygen atoms in total. The molecule has 2 fully saturated rings. The third kappa shape index (κ3) is 5.88. The second-order valence-corrected chi connectivity index (χ2v) is 8.27. The van der Waals surface area contributed by atoms with Gasteiger partial charge in [-0.25, -0.2) is 0 Å². The van der Waals surface area contributed by atoms with E-state index in [1.807, 2.05) is 0 Å². The van der Waals surface area contributed by atoms with Crippen LogP contribution >= 0.6 is 0 Å². The van der Waals surface area contributed by atoms with Crippen molar-refractivity contribution in [3.63, 3.8) is 0 Å². The average molecular weight is 297 g/mol. The van der Waals surface area contributed by atoms with Crippen LogP contribution in [0.4, 0.5) is 0 Å². The molecule has 1 aliphatic heterocycles. The topological polar surface area (TPSA) is 30.5 Å². The van der Waals surface area contributed by atoms with Crippen LogP contribution in [0.25, 0.3) is 0 Å². The molecule has 1 unspecified atom stereocenters. The summed E-state index contributed by atoms with van der Waals surface area (Å²) in [7, 11) is 0. The van der Waals surface area contributed by atoms with Crippen molar-refractivity contribution in [3.05, 3.63) is 0 Å². The van der Waals surface area contributed by atoms with E-state index in [0.29, 0.717) is 6.10 Å². The van der Waals surface area contributed by atoms with Crippen molar-refractivity contribution in [1.82, 2.24) is 5.32 Å². The van der Waals surface area contributed by atoms with Crippen molar-refractivity contribution in [3.8, 4) is 0 Å². The fraction of sp³-hybridized carbons (Fsp3) is 1.00. The van der Waals surface area contributed by atoms with Crippen LogP contribution in [-0.2, 0) is 9.47 Å². The van der Waals surface area contributed by atoms with E-state index in [1.165, 1.54) is 44.9 Å². The first kappa shape index (κ1) is 17.2. The molecule has 0 radical (unpaired) electrons. The van der Waals surface area contributed by atoms with Crippen LogP contribution in [0.1, 0.15) is 72.6 Å². The Morgan fingerprint density at radius 1 is 1.14 bits per heavy atom. The molecular weight excluding hydrogens is 262 g/mol. The number of ether oxygens (including phenoxy) is 2. The van der Waals surface area contributed by atoms with Gasteiger partial charge < -0.3 is 14.8 Å². The minimum atomic E-state index is 0.0284. The second-order valence-electron chi connectivity index (χ2n) is 8.27. The van der Waals surface area contributed by atoms with E-state index in [-0.39, 0.29) is 11.1 Å². The molecule has 0 bridgehead atoms. The molecular formula is C18H35NO2. The Morgan fingerprint density at radius 3 is 2.43 bits per heavy atom. The highest BCUT2D eigenvalue weighted by Gasteiger charge is 2.36. The molecule has 1 aliphatic carbocycles. The van der Waals surface area contributed by atoms with Gasteiger partial charge in [-0.3, -0.25) is 0 Å². The Bertz CT molecular complexity index is 297. The molecule has 124 valence electrons. The number of rotatable bonds is 5. The molecule has 1 N–H and O–H groups in total. The maximum atomic E-state index is 6.47. The van der Waals surface area contributed by atoms with Crippen LogP contribution in [-0.4, -0.2) is 37.0 Å². The molecule has 1 saturated carbocycles. The summed E-state index contributed by atoms with van der Waals surface area (Å²) in [6.07, 6.45) is 8.94. The van der Waals surface area contributed by atoms with Gasteiger partial charge in [0.05, 0.1) is 18.3 Å². The van der Waals surface area contributed by atoms with E-state index in [0.717, 1.165) is 25.7 Å². The van der Waals surface area contributed by atoms with Gasteiger partial charge in [-0.1, -0.05) is 6.92 Å². The van der Waals surface area contributed by atoms with E-state index in [9.17, 15) is 0 Å². The zero-order valence-electron chi connectivity index (χ0n) is 14.5. The van der Waals surface area contributed by atoms with Crippen molar-refractivity contribution in [2.75, 3.05) is 19.8 Å². The van der Waals surface area contributed by atoms with Crippen LogP contribution < -0.4 is 5.32 Å². The lowest BCUT2D eigenvalue weighted by atomic mass is 9.79. The minimum Gasteiger partial charge on any atom is -0.376 e. The first-order valence-electron chi connectivity index (χ1n) is 8.89.